The van der Waals surface area contributed by atoms with Crippen LogP contribution in [0.5, 0.6) is 0 Å². The Kier molecular flexibility index (Phi) is 5.43. The molecular weight excluding hydrogens is 116 g/mol. The summed E-state index contributed by atoms with van der Waals surface area (Å²) in [6.45, 7) is 4.18. The average molecular weight is 131 g/mol. The van der Waals surface area contributed by atoms with Crippen LogP contribution < -0.4 is 0 Å². The predicted octanol–water partition coefficient (Wildman–Crippen LogP) is 1.96. The first-order valence-electron chi connectivity index (χ1n) is 3.47. The fraction of sp³-hybridized carbons (Fsp3) is 1.00. The topological polar surface area (TPSA) is 19.9 Å². The Labute approximate surface area is 53.5 Å². The van der Waals surface area contributed by atoms with E-state index >= 15 is 0 Å². The molecule has 0 unspecified atom stereocenters. The molecule has 0 atom stereocenters. The van der Waals surface area contributed by atoms with Gasteiger partial charge in [-0.1, -0.05) is 26.7 Å². The molecule has 0 aliphatic carbocycles. The summed E-state index contributed by atoms with van der Waals surface area (Å²) in [7, 11) is -1.45. The van der Waals surface area contributed by atoms with Gasteiger partial charge in [-0.3, -0.25) is 0 Å². The van der Waals surface area contributed by atoms with Gasteiger partial charge in [-0.2, -0.15) is 0 Å². The summed E-state index contributed by atoms with van der Waals surface area (Å²) in [6, 6.07) is 1.99. The molecule has 0 N–H and O–H groups in total. The first kappa shape index (κ1) is 8.18. The minimum absolute atomic E-state index is 0.994. The van der Waals surface area contributed by atoms with Crippen molar-refractivity contribution in [2.24, 2.45) is 0 Å². The minimum atomic E-state index is -1.45. The average Bonchev–Trinajstić information content (AvgIpc) is 1.68. The molecule has 0 bridgehead atoms. The summed E-state index contributed by atoms with van der Waals surface area (Å²) in [4.78, 5) is 10.9. The van der Waals surface area contributed by atoms with Crippen molar-refractivity contribution in [3.63, 3.8) is 0 Å². The quantitative estimate of drug-likeness (QED) is 0.520. The van der Waals surface area contributed by atoms with Crippen LogP contribution in [0.1, 0.15) is 26.7 Å². The van der Waals surface area contributed by atoms with E-state index in [0.29, 0.717) is 0 Å². The Morgan fingerprint density at radius 3 is 1.75 bits per heavy atom. The maximum Gasteiger partial charge on any atom is 0.222 e. The van der Waals surface area contributed by atoms with E-state index in [1.807, 2.05) is 0 Å². The summed E-state index contributed by atoms with van der Waals surface area (Å²) >= 11 is 0. The van der Waals surface area contributed by atoms with Gasteiger partial charge < -0.3 is 4.80 Å². The summed E-state index contributed by atoms with van der Waals surface area (Å²) < 4.78 is 0. The Hall–Kier alpha value is 0.177. The van der Waals surface area contributed by atoms with Crippen molar-refractivity contribution in [2.75, 3.05) is 0 Å². The lowest BCUT2D eigenvalue weighted by molar-refractivity contribution is 0.442. The first-order valence-corrected chi connectivity index (χ1v) is 5.57. The molecular formula is C6H15OSi. The molecule has 1 radical (unpaired) electrons. The second-order valence-corrected chi connectivity index (χ2v) is 4.60. The summed E-state index contributed by atoms with van der Waals surface area (Å²) in [5, 5.41) is 0. The summed E-state index contributed by atoms with van der Waals surface area (Å²) in [6.07, 6.45) is 2.20. The summed E-state index contributed by atoms with van der Waals surface area (Å²) in [5.41, 5.74) is 0. The molecule has 0 heterocycles. The lowest BCUT2D eigenvalue weighted by Crippen LogP contribution is -2.06. The van der Waals surface area contributed by atoms with Crippen LogP contribution in [0, 0.1) is 0 Å². The largest absolute Gasteiger partial charge is 0.302 e. The van der Waals surface area contributed by atoms with Crippen molar-refractivity contribution in [1.29, 1.82) is 0 Å². The van der Waals surface area contributed by atoms with Gasteiger partial charge in [0.1, 0.15) is 0 Å². The molecule has 0 aliphatic heterocycles. The van der Waals surface area contributed by atoms with Crippen LogP contribution in [0.4, 0.5) is 0 Å². The Morgan fingerprint density at radius 2 is 1.50 bits per heavy atom. The van der Waals surface area contributed by atoms with Crippen molar-refractivity contribution in [1.82, 2.24) is 0 Å². The van der Waals surface area contributed by atoms with Crippen LogP contribution in [-0.2, 0) is 4.80 Å². The molecule has 0 amide bonds. The van der Waals surface area contributed by atoms with Crippen LogP contribution in [0.3, 0.4) is 0 Å². The Morgan fingerprint density at radius 1 is 1.12 bits per heavy atom. The van der Waals surface area contributed by atoms with Gasteiger partial charge in [0.25, 0.3) is 0 Å². The minimum Gasteiger partial charge on any atom is -0.302 e. The molecule has 0 saturated heterocycles. The lowest BCUT2D eigenvalue weighted by Gasteiger charge is -1.98. The van der Waals surface area contributed by atoms with Crippen molar-refractivity contribution < 1.29 is 4.80 Å². The fourth-order valence-electron chi connectivity index (χ4n) is 0.788. The highest BCUT2D eigenvalue weighted by Gasteiger charge is 2.04. The highest BCUT2D eigenvalue weighted by molar-refractivity contribution is 6.49. The molecule has 0 fully saturated rings. The molecule has 1 nitrogen and oxygen atoms in total. The van der Waals surface area contributed by atoms with Crippen molar-refractivity contribution in [3.05, 3.63) is 0 Å². The van der Waals surface area contributed by atoms with Crippen LogP contribution >= 0.6 is 0 Å². The third-order valence-electron chi connectivity index (χ3n) is 1.22. The van der Waals surface area contributed by atoms with Crippen molar-refractivity contribution >= 4 is 9.04 Å². The maximum atomic E-state index is 10.9. The normalized spacial score (nSPS) is 10.5. The van der Waals surface area contributed by atoms with E-state index in [4.69, 9.17) is 0 Å². The zero-order chi connectivity index (χ0) is 6.41. The predicted molar refractivity (Wildman–Crippen MR) is 38.0 cm³/mol. The van der Waals surface area contributed by atoms with Gasteiger partial charge >= 0.3 is 0 Å². The van der Waals surface area contributed by atoms with Gasteiger partial charge in [-0.15, -0.1) is 0 Å². The molecule has 0 spiro atoms. The highest BCUT2D eigenvalue weighted by Crippen LogP contribution is 2.01. The highest BCUT2D eigenvalue weighted by atomic mass is 28.3. The van der Waals surface area contributed by atoms with E-state index in [2.05, 4.69) is 13.8 Å². The second-order valence-electron chi connectivity index (χ2n) is 2.20. The second kappa shape index (κ2) is 5.32. The number of hydrogen-bond acceptors (Lipinski definition) is 0. The van der Waals surface area contributed by atoms with E-state index in [9.17, 15) is 4.80 Å². The molecule has 2 heteroatoms. The Bertz CT molecular complexity index is 41.8. The molecule has 0 saturated carbocycles. The monoisotopic (exact) mass is 131 g/mol. The number of rotatable bonds is 4. The van der Waals surface area contributed by atoms with E-state index in [1.54, 1.807) is 0 Å². The molecule has 0 aromatic heterocycles. The van der Waals surface area contributed by atoms with Crippen molar-refractivity contribution in [2.45, 2.75) is 38.8 Å². The molecule has 8 heavy (non-hydrogen) atoms. The van der Waals surface area contributed by atoms with Crippen LogP contribution in [0.15, 0.2) is 0 Å². The maximum absolute atomic E-state index is 10.9. The van der Waals surface area contributed by atoms with Crippen LogP contribution in [0.25, 0.3) is 0 Å². The van der Waals surface area contributed by atoms with Gasteiger partial charge in [0.05, 0.1) is 0 Å². The summed E-state index contributed by atoms with van der Waals surface area (Å²) in [5.74, 6) is 0. The smallest absolute Gasteiger partial charge is 0.222 e. The molecule has 0 rings (SSSR count). The number of hydrogen-bond donors (Lipinski definition) is 0. The molecule has 49 valence electrons. The fourth-order valence-corrected chi connectivity index (χ4v) is 2.36. The third-order valence-corrected chi connectivity index (χ3v) is 3.66. The standard InChI is InChI=1S/C6H15OSi/c1-3-5-8(7)6-4-2/h8H,3-6H2,1-2H3. The van der Waals surface area contributed by atoms with E-state index in [1.165, 1.54) is 0 Å². The SMILES string of the molecule is CCC[SiH]([O])CCC. The molecule has 0 aromatic carbocycles. The zero-order valence-electron chi connectivity index (χ0n) is 5.81. The van der Waals surface area contributed by atoms with Gasteiger partial charge in [0.2, 0.25) is 9.04 Å². The van der Waals surface area contributed by atoms with Gasteiger partial charge in [-0.05, 0) is 12.1 Å². The third kappa shape index (κ3) is 4.34. The van der Waals surface area contributed by atoms with Gasteiger partial charge in [0, 0.05) is 0 Å². The van der Waals surface area contributed by atoms with Crippen LogP contribution in [-0.4, -0.2) is 9.04 Å². The molecule has 0 aliphatic rings. The van der Waals surface area contributed by atoms with E-state index in [-0.39, 0.29) is 0 Å². The Balaban J connectivity index is 2.92. The van der Waals surface area contributed by atoms with Gasteiger partial charge in [-0.25, -0.2) is 0 Å². The van der Waals surface area contributed by atoms with E-state index in [0.717, 1.165) is 24.9 Å². The van der Waals surface area contributed by atoms with E-state index < -0.39 is 9.04 Å². The lowest BCUT2D eigenvalue weighted by atomic mass is 10.6. The van der Waals surface area contributed by atoms with Crippen molar-refractivity contribution in [3.8, 4) is 0 Å². The van der Waals surface area contributed by atoms with Gasteiger partial charge in [0.15, 0.2) is 0 Å². The zero-order valence-corrected chi connectivity index (χ0v) is 6.97. The van der Waals surface area contributed by atoms with Crippen LogP contribution in [0.2, 0.25) is 12.1 Å². The first-order chi connectivity index (χ1) is 3.81. The molecule has 0 aromatic rings.